The van der Waals surface area contributed by atoms with E-state index in [4.69, 9.17) is 33.0 Å². The predicted octanol–water partition coefficient (Wildman–Crippen LogP) is 7.30. The fourth-order valence-corrected chi connectivity index (χ4v) is 7.18. The van der Waals surface area contributed by atoms with Gasteiger partial charge in [-0.25, -0.2) is 4.68 Å². The topological polar surface area (TPSA) is 56.2 Å². The van der Waals surface area contributed by atoms with Crippen molar-refractivity contribution in [3.63, 3.8) is 0 Å². The van der Waals surface area contributed by atoms with Gasteiger partial charge >= 0.3 is 0 Å². The minimum atomic E-state index is -0.173. The van der Waals surface area contributed by atoms with E-state index < -0.39 is 0 Å². The SMILES string of the molecule is CC1(C)C2CCC(CNC(=O)c3nn(-c4ccc(Cl)cc4Cl)c4c3COc3cc(Br)ccc3-4)C1C2. The average molecular weight is 575 g/mol. The monoisotopic (exact) mass is 573 g/mol. The van der Waals surface area contributed by atoms with Gasteiger partial charge in [-0.2, -0.15) is 5.10 Å². The lowest BCUT2D eigenvalue weighted by atomic mass is 9.45. The fourth-order valence-electron chi connectivity index (χ4n) is 6.35. The lowest BCUT2D eigenvalue weighted by Crippen LogP contribution is -2.54. The number of ether oxygens (including phenoxy) is 1. The quantitative estimate of drug-likeness (QED) is 0.355. The summed E-state index contributed by atoms with van der Waals surface area (Å²) in [4.78, 5) is 13.5. The molecule has 8 heteroatoms. The minimum absolute atomic E-state index is 0.173. The molecule has 5 nitrogen and oxygen atoms in total. The smallest absolute Gasteiger partial charge is 0.272 e. The zero-order valence-electron chi connectivity index (χ0n) is 19.6. The number of benzene rings is 2. The summed E-state index contributed by atoms with van der Waals surface area (Å²) in [6.45, 7) is 5.68. The number of hydrogen-bond donors (Lipinski definition) is 1. The molecule has 4 aliphatic rings. The molecule has 2 aromatic carbocycles. The lowest BCUT2D eigenvalue weighted by Gasteiger charge is -2.60. The molecule has 1 aromatic heterocycles. The summed E-state index contributed by atoms with van der Waals surface area (Å²) in [5, 5.41) is 8.98. The molecular weight excluding hydrogens is 549 g/mol. The van der Waals surface area contributed by atoms with Crippen molar-refractivity contribution >= 4 is 45.0 Å². The normalized spacial score (nSPS) is 23.5. The van der Waals surface area contributed by atoms with Gasteiger partial charge in [-0.15, -0.1) is 0 Å². The number of nitrogens with zero attached hydrogens (tertiary/aromatic N) is 2. The van der Waals surface area contributed by atoms with Crippen molar-refractivity contribution in [3.8, 4) is 22.7 Å². The van der Waals surface area contributed by atoms with Crippen LogP contribution in [0.1, 0.15) is 49.2 Å². The number of carbonyl (C=O) groups is 1. The first kappa shape index (κ1) is 23.4. The zero-order valence-corrected chi connectivity index (χ0v) is 22.7. The standard InChI is InChI=1S/C27H26BrCl2N3O2/c1-27(2)15-4-3-14(20(27)9-15)12-31-26(34)24-19-13-35-23-10-16(28)5-7-18(23)25(19)33(32-24)22-8-6-17(29)11-21(22)30/h5-8,10-11,14-15,20H,3-4,9,12-13H2,1-2H3,(H,31,34). The fraction of sp³-hybridized carbons (Fsp3) is 0.407. The molecule has 1 amide bonds. The highest BCUT2D eigenvalue weighted by molar-refractivity contribution is 9.10. The van der Waals surface area contributed by atoms with Gasteiger partial charge in [0.2, 0.25) is 0 Å². The maximum atomic E-state index is 13.5. The summed E-state index contributed by atoms with van der Waals surface area (Å²) in [5.74, 6) is 2.58. The molecule has 1 N–H and O–H groups in total. The zero-order chi connectivity index (χ0) is 24.5. The van der Waals surface area contributed by atoms with Crippen LogP contribution in [0.4, 0.5) is 0 Å². The molecular formula is C27H26BrCl2N3O2. The molecule has 7 rings (SSSR count). The van der Waals surface area contributed by atoms with Crippen LogP contribution in [0, 0.1) is 23.2 Å². The second kappa shape index (κ2) is 8.53. The van der Waals surface area contributed by atoms with Gasteiger partial charge in [0.1, 0.15) is 12.4 Å². The molecule has 182 valence electrons. The van der Waals surface area contributed by atoms with Crippen molar-refractivity contribution in [2.24, 2.45) is 23.2 Å². The van der Waals surface area contributed by atoms with Crippen molar-refractivity contribution < 1.29 is 9.53 Å². The number of fused-ring (bicyclic) bond motifs is 5. The van der Waals surface area contributed by atoms with Crippen molar-refractivity contribution in [2.75, 3.05) is 6.54 Å². The predicted molar refractivity (Wildman–Crippen MR) is 141 cm³/mol. The van der Waals surface area contributed by atoms with Crippen LogP contribution in [-0.4, -0.2) is 22.2 Å². The molecule has 0 saturated heterocycles. The second-order valence-corrected chi connectivity index (χ2v) is 12.3. The summed E-state index contributed by atoms with van der Waals surface area (Å²) >= 11 is 16.2. The molecule has 3 aromatic rings. The number of rotatable bonds is 4. The molecule has 3 unspecified atom stereocenters. The van der Waals surface area contributed by atoms with E-state index in [1.165, 1.54) is 19.3 Å². The first-order chi connectivity index (χ1) is 16.7. The maximum Gasteiger partial charge on any atom is 0.272 e. The van der Waals surface area contributed by atoms with Gasteiger partial charge in [-0.1, -0.05) is 53.0 Å². The van der Waals surface area contributed by atoms with Crippen LogP contribution in [0.3, 0.4) is 0 Å². The molecule has 0 spiro atoms. The Morgan fingerprint density at radius 2 is 2.06 bits per heavy atom. The maximum absolute atomic E-state index is 13.5. The van der Waals surface area contributed by atoms with Crippen molar-refractivity contribution in [2.45, 2.75) is 39.7 Å². The Kier molecular flexibility index (Phi) is 5.70. The number of halogens is 3. The molecule has 3 saturated carbocycles. The molecule has 3 aliphatic carbocycles. The second-order valence-electron chi connectivity index (χ2n) is 10.5. The van der Waals surface area contributed by atoms with Gasteiger partial charge in [0.15, 0.2) is 5.69 Å². The summed E-state index contributed by atoms with van der Waals surface area (Å²) in [5.41, 5.74) is 3.86. The molecule has 1 aliphatic heterocycles. The Bertz CT molecular complexity index is 1350. The van der Waals surface area contributed by atoms with E-state index in [1.807, 2.05) is 24.3 Å². The first-order valence-electron chi connectivity index (χ1n) is 12.0. The lowest BCUT2D eigenvalue weighted by molar-refractivity contribution is -0.103. The summed E-state index contributed by atoms with van der Waals surface area (Å²) < 4.78 is 8.71. The summed E-state index contributed by atoms with van der Waals surface area (Å²) in [6, 6.07) is 11.1. The molecule has 2 heterocycles. The van der Waals surface area contributed by atoms with E-state index in [1.54, 1.807) is 16.8 Å². The molecule has 0 radical (unpaired) electrons. The molecule has 3 atom stereocenters. The molecule has 3 fully saturated rings. The third-order valence-corrected chi connectivity index (χ3v) is 9.46. The van der Waals surface area contributed by atoms with E-state index in [-0.39, 0.29) is 12.5 Å². The highest BCUT2D eigenvalue weighted by Gasteiger charge is 2.54. The largest absolute Gasteiger partial charge is 0.488 e. The van der Waals surface area contributed by atoms with Gasteiger partial charge in [-0.05, 0) is 78.8 Å². The highest BCUT2D eigenvalue weighted by Crippen LogP contribution is 2.61. The van der Waals surface area contributed by atoms with Gasteiger partial charge in [0.25, 0.3) is 5.91 Å². The van der Waals surface area contributed by atoms with Gasteiger partial charge in [0.05, 0.1) is 16.4 Å². The van der Waals surface area contributed by atoms with Gasteiger partial charge in [-0.3, -0.25) is 4.79 Å². The Morgan fingerprint density at radius 3 is 2.80 bits per heavy atom. The van der Waals surface area contributed by atoms with Crippen molar-refractivity contribution in [3.05, 3.63) is 62.2 Å². The van der Waals surface area contributed by atoms with Crippen LogP contribution in [0.5, 0.6) is 5.75 Å². The van der Waals surface area contributed by atoms with E-state index in [0.717, 1.165) is 33.0 Å². The van der Waals surface area contributed by atoms with Crippen LogP contribution in [0.2, 0.25) is 10.0 Å². The number of nitrogens with one attached hydrogen (secondary N) is 1. The Morgan fingerprint density at radius 1 is 1.23 bits per heavy atom. The minimum Gasteiger partial charge on any atom is -0.488 e. The highest BCUT2D eigenvalue weighted by atomic mass is 79.9. The van der Waals surface area contributed by atoms with E-state index in [0.29, 0.717) is 45.2 Å². The van der Waals surface area contributed by atoms with Crippen LogP contribution < -0.4 is 10.1 Å². The van der Waals surface area contributed by atoms with Gasteiger partial charge in [0, 0.05) is 27.2 Å². The number of carbonyl (C=O) groups excluding carboxylic acids is 1. The molecule has 35 heavy (non-hydrogen) atoms. The first-order valence-corrected chi connectivity index (χ1v) is 13.6. The van der Waals surface area contributed by atoms with Crippen LogP contribution in [-0.2, 0) is 6.61 Å². The number of amides is 1. The Balaban J connectivity index is 1.37. The van der Waals surface area contributed by atoms with E-state index >= 15 is 0 Å². The third kappa shape index (κ3) is 3.80. The number of aromatic nitrogens is 2. The van der Waals surface area contributed by atoms with Crippen LogP contribution >= 0.6 is 39.1 Å². The van der Waals surface area contributed by atoms with E-state index in [9.17, 15) is 4.79 Å². The van der Waals surface area contributed by atoms with E-state index in [2.05, 4.69) is 35.1 Å². The van der Waals surface area contributed by atoms with Crippen molar-refractivity contribution in [1.82, 2.24) is 15.1 Å². The van der Waals surface area contributed by atoms with Crippen LogP contribution in [0.15, 0.2) is 40.9 Å². The van der Waals surface area contributed by atoms with Crippen molar-refractivity contribution in [1.29, 1.82) is 0 Å². The number of hydrogen-bond acceptors (Lipinski definition) is 3. The summed E-state index contributed by atoms with van der Waals surface area (Å²) in [7, 11) is 0. The average Bonchev–Trinajstić information content (AvgIpc) is 3.22. The molecule has 2 bridgehead atoms. The third-order valence-electron chi connectivity index (χ3n) is 8.43. The summed E-state index contributed by atoms with van der Waals surface area (Å²) in [6.07, 6.45) is 3.72. The van der Waals surface area contributed by atoms with Gasteiger partial charge < -0.3 is 10.1 Å². The Labute approximate surface area is 223 Å². The Hall–Kier alpha value is -2.02. The van der Waals surface area contributed by atoms with Crippen LogP contribution in [0.25, 0.3) is 16.9 Å².